The van der Waals surface area contributed by atoms with Gasteiger partial charge in [0.25, 0.3) is 5.69 Å². The predicted octanol–water partition coefficient (Wildman–Crippen LogP) is 1.89. The molecule has 122 valence electrons. The molecule has 0 bridgehead atoms. The number of rotatable bonds is 4. The van der Waals surface area contributed by atoms with Crippen molar-refractivity contribution in [2.75, 3.05) is 18.0 Å². The molecule has 0 radical (unpaired) electrons. The molecule has 3 heterocycles. The van der Waals surface area contributed by atoms with Crippen LogP contribution in [0.3, 0.4) is 0 Å². The molecule has 0 spiro atoms. The van der Waals surface area contributed by atoms with E-state index in [1.807, 2.05) is 11.6 Å². The van der Waals surface area contributed by atoms with Crippen LogP contribution in [0.1, 0.15) is 24.4 Å². The smallest absolute Gasteiger partial charge is 0.290 e. The lowest BCUT2D eigenvalue weighted by Crippen LogP contribution is -2.35. The first-order valence-corrected chi connectivity index (χ1v) is 7.74. The van der Waals surface area contributed by atoms with Crippen LogP contribution in [0.5, 0.6) is 0 Å². The minimum absolute atomic E-state index is 0.0749. The van der Waals surface area contributed by atoms with Gasteiger partial charge in [-0.1, -0.05) is 0 Å². The number of aryl methyl sites for hydroxylation is 2. The Bertz CT molecular complexity index is 706. The van der Waals surface area contributed by atoms with Gasteiger partial charge in [0.05, 0.1) is 4.92 Å². The molecule has 0 amide bonds. The molecule has 0 aliphatic carbocycles. The van der Waals surface area contributed by atoms with Crippen molar-refractivity contribution in [3.8, 4) is 0 Å². The summed E-state index contributed by atoms with van der Waals surface area (Å²) < 4.78 is 1.97. The van der Waals surface area contributed by atoms with Gasteiger partial charge in [0.2, 0.25) is 0 Å². The van der Waals surface area contributed by atoms with Gasteiger partial charge in [0.15, 0.2) is 0 Å². The molecule has 8 nitrogen and oxygen atoms in total. The first-order valence-electron chi connectivity index (χ1n) is 7.74. The van der Waals surface area contributed by atoms with Crippen molar-refractivity contribution in [3.63, 3.8) is 0 Å². The molecule has 0 saturated carbocycles. The fraction of sp³-hybridized carbons (Fsp3) is 0.533. The number of hydrogen-bond donors (Lipinski definition) is 0. The highest BCUT2D eigenvalue weighted by molar-refractivity contribution is 5.47. The molecule has 2 aromatic rings. The van der Waals surface area contributed by atoms with Crippen LogP contribution in [0.2, 0.25) is 0 Å². The number of piperidine rings is 1. The molecule has 1 aliphatic rings. The standard InChI is InChI=1S/C15H20N6O2/c1-11-13(21(22)23)3-4-14(17-11)20-7-5-12(6-8-20)9-15-18-16-10-19(15)2/h3-4,10,12H,5-9H2,1-2H3. The Balaban J connectivity index is 1.61. The van der Waals surface area contributed by atoms with E-state index in [0.717, 1.165) is 44.0 Å². The van der Waals surface area contributed by atoms with Crippen LogP contribution in [-0.4, -0.2) is 37.8 Å². The zero-order chi connectivity index (χ0) is 16.4. The van der Waals surface area contributed by atoms with Crippen molar-refractivity contribution >= 4 is 11.5 Å². The molecule has 3 rings (SSSR count). The quantitative estimate of drug-likeness (QED) is 0.632. The maximum absolute atomic E-state index is 10.9. The van der Waals surface area contributed by atoms with E-state index in [4.69, 9.17) is 0 Å². The number of anilines is 1. The van der Waals surface area contributed by atoms with E-state index in [9.17, 15) is 10.1 Å². The highest BCUT2D eigenvalue weighted by Crippen LogP contribution is 2.26. The van der Waals surface area contributed by atoms with E-state index in [2.05, 4.69) is 20.1 Å². The molecule has 23 heavy (non-hydrogen) atoms. The number of pyridine rings is 1. The van der Waals surface area contributed by atoms with E-state index in [1.54, 1.807) is 25.4 Å². The molecule has 1 fully saturated rings. The summed E-state index contributed by atoms with van der Waals surface area (Å²) in [5, 5.41) is 18.9. The van der Waals surface area contributed by atoms with Gasteiger partial charge in [-0.2, -0.15) is 0 Å². The highest BCUT2D eigenvalue weighted by atomic mass is 16.6. The Labute approximate surface area is 134 Å². The molecule has 0 unspecified atom stereocenters. The largest absolute Gasteiger partial charge is 0.357 e. The van der Waals surface area contributed by atoms with Crippen molar-refractivity contribution in [2.45, 2.75) is 26.2 Å². The minimum Gasteiger partial charge on any atom is -0.357 e. The Morgan fingerprint density at radius 2 is 2.09 bits per heavy atom. The van der Waals surface area contributed by atoms with Gasteiger partial charge in [0.1, 0.15) is 23.7 Å². The number of nitro groups is 1. The Kier molecular flexibility index (Phi) is 4.22. The summed E-state index contributed by atoms with van der Waals surface area (Å²) in [5.41, 5.74) is 0.541. The monoisotopic (exact) mass is 316 g/mol. The van der Waals surface area contributed by atoms with Crippen LogP contribution >= 0.6 is 0 Å². The van der Waals surface area contributed by atoms with Crippen LogP contribution in [0.4, 0.5) is 11.5 Å². The molecule has 0 atom stereocenters. The first-order chi connectivity index (χ1) is 11.0. The number of hydrogen-bond acceptors (Lipinski definition) is 6. The van der Waals surface area contributed by atoms with Crippen LogP contribution in [0, 0.1) is 23.0 Å². The summed E-state index contributed by atoms with van der Waals surface area (Å²) >= 11 is 0. The van der Waals surface area contributed by atoms with Gasteiger partial charge >= 0.3 is 0 Å². The summed E-state index contributed by atoms with van der Waals surface area (Å²) in [4.78, 5) is 17.1. The molecule has 0 N–H and O–H groups in total. The fourth-order valence-corrected chi connectivity index (χ4v) is 3.03. The van der Waals surface area contributed by atoms with Crippen molar-refractivity contribution < 1.29 is 4.92 Å². The molecule has 2 aromatic heterocycles. The number of nitrogens with zero attached hydrogens (tertiary/aromatic N) is 6. The van der Waals surface area contributed by atoms with Crippen molar-refractivity contribution in [2.24, 2.45) is 13.0 Å². The van der Waals surface area contributed by atoms with Crippen molar-refractivity contribution in [3.05, 3.63) is 40.1 Å². The summed E-state index contributed by atoms with van der Waals surface area (Å²) in [6, 6.07) is 3.29. The Morgan fingerprint density at radius 3 is 2.65 bits per heavy atom. The Hall–Kier alpha value is -2.51. The van der Waals surface area contributed by atoms with Crippen LogP contribution in [-0.2, 0) is 13.5 Å². The second-order valence-corrected chi connectivity index (χ2v) is 6.02. The maximum atomic E-state index is 10.9. The summed E-state index contributed by atoms with van der Waals surface area (Å²) in [6.07, 6.45) is 4.79. The topological polar surface area (TPSA) is 90.0 Å². The average molecular weight is 316 g/mol. The van der Waals surface area contributed by atoms with Crippen LogP contribution < -0.4 is 4.90 Å². The second kappa shape index (κ2) is 6.31. The SMILES string of the molecule is Cc1nc(N2CCC(Cc3nncn3C)CC2)ccc1[N+](=O)[O-]. The van der Waals surface area contributed by atoms with E-state index >= 15 is 0 Å². The van der Waals surface area contributed by atoms with E-state index in [-0.39, 0.29) is 10.6 Å². The minimum atomic E-state index is -0.390. The van der Waals surface area contributed by atoms with Crippen LogP contribution in [0.15, 0.2) is 18.5 Å². The zero-order valence-corrected chi connectivity index (χ0v) is 13.3. The van der Waals surface area contributed by atoms with Gasteiger partial charge in [0, 0.05) is 32.6 Å². The Morgan fingerprint density at radius 1 is 1.35 bits per heavy atom. The summed E-state index contributed by atoms with van der Waals surface area (Å²) in [5.74, 6) is 2.44. The van der Waals surface area contributed by atoms with E-state index in [0.29, 0.717) is 11.6 Å². The first kappa shape index (κ1) is 15.4. The van der Waals surface area contributed by atoms with Crippen molar-refractivity contribution in [1.82, 2.24) is 19.7 Å². The van der Waals surface area contributed by atoms with Gasteiger partial charge in [-0.15, -0.1) is 10.2 Å². The third-order valence-corrected chi connectivity index (χ3v) is 4.45. The predicted molar refractivity (Wildman–Crippen MR) is 85.3 cm³/mol. The zero-order valence-electron chi connectivity index (χ0n) is 13.3. The molecule has 0 aromatic carbocycles. The van der Waals surface area contributed by atoms with Gasteiger partial charge < -0.3 is 9.47 Å². The normalized spacial score (nSPS) is 15.8. The lowest BCUT2D eigenvalue weighted by molar-refractivity contribution is -0.385. The molecule has 8 heteroatoms. The third kappa shape index (κ3) is 3.30. The van der Waals surface area contributed by atoms with Crippen molar-refractivity contribution in [1.29, 1.82) is 0 Å². The number of aromatic nitrogens is 4. The van der Waals surface area contributed by atoms with Gasteiger partial charge in [-0.25, -0.2) is 4.98 Å². The second-order valence-electron chi connectivity index (χ2n) is 6.02. The fourth-order valence-electron chi connectivity index (χ4n) is 3.03. The summed E-state index contributed by atoms with van der Waals surface area (Å²) in [6.45, 7) is 3.50. The van der Waals surface area contributed by atoms with Gasteiger partial charge in [-0.05, 0) is 31.7 Å². The van der Waals surface area contributed by atoms with Crippen LogP contribution in [0.25, 0.3) is 0 Å². The summed E-state index contributed by atoms with van der Waals surface area (Å²) in [7, 11) is 1.97. The van der Waals surface area contributed by atoms with E-state index < -0.39 is 0 Å². The van der Waals surface area contributed by atoms with E-state index in [1.165, 1.54) is 0 Å². The average Bonchev–Trinajstić information content (AvgIpc) is 2.93. The lowest BCUT2D eigenvalue weighted by Gasteiger charge is -2.32. The molecule has 1 aliphatic heterocycles. The molecular weight excluding hydrogens is 296 g/mol. The third-order valence-electron chi connectivity index (χ3n) is 4.45. The maximum Gasteiger partial charge on any atom is 0.290 e. The lowest BCUT2D eigenvalue weighted by atomic mass is 9.93. The highest BCUT2D eigenvalue weighted by Gasteiger charge is 2.23. The molecule has 1 saturated heterocycles. The van der Waals surface area contributed by atoms with Gasteiger partial charge in [-0.3, -0.25) is 10.1 Å². The molecular formula is C15H20N6O2.